The first kappa shape index (κ1) is 18.3. The van der Waals surface area contributed by atoms with Crippen molar-refractivity contribution in [2.45, 2.75) is 20.0 Å². The van der Waals surface area contributed by atoms with Crippen LogP contribution < -0.4 is 5.32 Å². The van der Waals surface area contributed by atoms with Crippen molar-refractivity contribution >= 4 is 17.6 Å². The lowest BCUT2D eigenvalue weighted by molar-refractivity contribution is -0.123. The molecule has 3 aromatic rings. The Labute approximate surface area is 155 Å². The zero-order valence-corrected chi connectivity index (χ0v) is 14.8. The van der Waals surface area contributed by atoms with E-state index in [2.05, 4.69) is 10.4 Å². The molecule has 1 N–H and O–H groups in total. The van der Waals surface area contributed by atoms with Gasteiger partial charge in [-0.1, -0.05) is 6.07 Å². The van der Waals surface area contributed by atoms with E-state index in [-0.39, 0.29) is 0 Å². The first-order chi connectivity index (χ1) is 12.9. The van der Waals surface area contributed by atoms with Crippen LogP contribution in [0.2, 0.25) is 0 Å². The van der Waals surface area contributed by atoms with Crippen molar-refractivity contribution in [3.05, 3.63) is 77.9 Å². The maximum absolute atomic E-state index is 13.6. The second-order valence-electron chi connectivity index (χ2n) is 6.00. The van der Waals surface area contributed by atoms with Gasteiger partial charge in [0.1, 0.15) is 5.82 Å². The number of aromatic nitrogens is 2. The molecule has 3 rings (SSSR count). The van der Waals surface area contributed by atoms with Crippen LogP contribution in [0.15, 0.2) is 60.9 Å². The minimum absolute atomic E-state index is 0.301. The topological polar surface area (TPSA) is 73.2 Å². The van der Waals surface area contributed by atoms with Gasteiger partial charge in [0.05, 0.1) is 11.3 Å². The molecule has 0 aliphatic heterocycles. The second-order valence-corrected chi connectivity index (χ2v) is 6.00. The van der Waals surface area contributed by atoms with E-state index < -0.39 is 23.8 Å². The molecular weight excluding hydrogens is 349 g/mol. The van der Waals surface area contributed by atoms with Gasteiger partial charge >= 0.3 is 5.97 Å². The van der Waals surface area contributed by atoms with Gasteiger partial charge in [-0.25, -0.2) is 13.9 Å². The highest BCUT2D eigenvalue weighted by Crippen LogP contribution is 2.15. The molecule has 0 saturated carbocycles. The number of nitrogens with one attached hydrogen (secondary N) is 1. The Morgan fingerprint density at radius 1 is 1.19 bits per heavy atom. The fourth-order valence-electron chi connectivity index (χ4n) is 2.37. The number of ether oxygens (including phenoxy) is 1. The van der Waals surface area contributed by atoms with Crippen LogP contribution in [0.3, 0.4) is 0 Å². The molecule has 27 heavy (non-hydrogen) atoms. The van der Waals surface area contributed by atoms with E-state index in [9.17, 15) is 14.0 Å². The van der Waals surface area contributed by atoms with E-state index in [4.69, 9.17) is 4.74 Å². The zero-order chi connectivity index (χ0) is 19.4. The average molecular weight is 367 g/mol. The predicted octanol–water partition coefficient (Wildman–Crippen LogP) is 3.50. The van der Waals surface area contributed by atoms with E-state index in [1.165, 1.54) is 13.0 Å². The lowest BCUT2D eigenvalue weighted by atomic mass is 10.2. The summed E-state index contributed by atoms with van der Waals surface area (Å²) < 4.78 is 20.4. The van der Waals surface area contributed by atoms with Crippen LogP contribution in [0.4, 0.5) is 10.1 Å². The van der Waals surface area contributed by atoms with Gasteiger partial charge in [0.25, 0.3) is 5.91 Å². The maximum atomic E-state index is 13.6. The van der Waals surface area contributed by atoms with Crippen molar-refractivity contribution in [3.63, 3.8) is 0 Å². The maximum Gasteiger partial charge on any atom is 0.338 e. The Kier molecular flexibility index (Phi) is 5.30. The molecule has 2 aromatic carbocycles. The van der Waals surface area contributed by atoms with Crippen molar-refractivity contribution < 1.29 is 18.7 Å². The second kappa shape index (κ2) is 7.82. The Morgan fingerprint density at radius 2 is 1.93 bits per heavy atom. The molecule has 1 heterocycles. The number of halogens is 1. The summed E-state index contributed by atoms with van der Waals surface area (Å²) in [5.74, 6) is -1.59. The summed E-state index contributed by atoms with van der Waals surface area (Å²) in [6.45, 7) is 3.08. The first-order valence-corrected chi connectivity index (χ1v) is 8.32. The number of nitrogens with zero attached hydrogens (tertiary/aromatic N) is 2. The molecule has 0 aliphatic carbocycles. The molecule has 1 amide bonds. The molecule has 6 nitrogen and oxygen atoms in total. The van der Waals surface area contributed by atoms with Crippen LogP contribution in [0.25, 0.3) is 5.69 Å². The molecular formula is C20H18FN3O3. The third kappa shape index (κ3) is 4.38. The Balaban J connectivity index is 1.61. The minimum atomic E-state index is -1.03. The smallest absolute Gasteiger partial charge is 0.338 e. The summed E-state index contributed by atoms with van der Waals surface area (Å²) in [7, 11) is 0. The monoisotopic (exact) mass is 367 g/mol. The highest BCUT2D eigenvalue weighted by Gasteiger charge is 2.19. The van der Waals surface area contributed by atoms with E-state index in [1.54, 1.807) is 66.5 Å². The molecule has 0 fully saturated rings. The van der Waals surface area contributed by atoms with E-state index in [1.807, 2.05) is 0 Å². The number of carbonyl (C=O) groups is 2. The Bertz CT molecular complexity index is 953. The molecule has 1 aromatic heterocycles. The number of carbonyl (C=O) groups excluding carboxylic acids is 2. The number of rotatable bonds is 5. The van der Waals surface area contributed by atoms with Crippen LogP contribution in [0.1, 0.15) is 22.8 Å². The predicted molar refractivity (Wildman–Crippen MR) is 98.2 cm³/mol. The number of benzene rings is 2. The molecule has 0 aliphatic rings. The summed E-state index contributed by atoms with van der Waals surface area (Å²) in [6, 6.07) is 12.8. The van der Waals surface area contributed by atoms with Gasteiger partial charge in [0.15, 0.2) is 6.10 Å². The highest BCUT2D eigenvalue weighted by atomic mass is 19.1. The Morgan fingerprint density at radius 3 is 2.56 bits per heavy atom. The summed E-state index contributed by atoms with van der Waals surface area (Å²) in [5, 5.41) is 6.63. The fraction of sp³-hybridized carbons (Fsp3) is 0.150. The van der Waals surface area contributed by atoms with Gasteiger partial charge in [-0.15, -0.1) is 0 Å². The van der Waals surface area contributed by atoms with Crippen LogP contribution in [-0.4, -0.2) is 27.8 Å². The van der Waals surface area contributed by atoms with E-state index in [0.717, 1.165) is 5.69 Å². The van der Waals surface area contributed by atoms with Crippen LogP contribution in [-0.2, 0) is 9.53 Å². The third-order valence-electron chi connectivity index (χ3n) is 3.96. The summed E-state index contributed by atoms with van der Waals surface area (Å²) in [6.07, 6.45) is 2.41. The van der Waals surface area contributed by atoms with Crippen LogP contribution in [0.5, 0.6) is 0 Å². The van der Waals surface area contributed by atoms with Gasteiger partial charge in [-0.3, -0.25) is 4.79 Å². The first-order valence-electron chi connectivity index (χ1n) is 8.32. The summed E-state index contributed by atoms with van der Waals surface area (Å²) in [4.78, 5) is 24.4. The van der Waals surface area contributed by atoms with Gasteiger partial charge in [0, 0.05) is 18.1 Å². The van der Waals surface area contributed by atoms with Gasteiger partial charge in [-0.2, -0.15) is 5.10 Å². The molecule has 7 heteroatoms. The van der Waals surface area contributed by atoms with Gasteiger partial charge < -0.3 is 10.1 Å². The fourth-order valence-corrected chi connectivity index (χ4v) is 2.37. The van der Waals surface area contributed by atoms with Crippen molar-refractivity contribution in [3.8, 4) is 5.69 Å². The Hall–Kier alpha value is -3.48. The van der Waals surface area contributed by atoms with Crippen molar-refractivity contribution in [1.29, 1.82) is 0 Å². The van der Waals surface area contributed by atoms with Crippen LogP contribution >= 0.6 is 0 Å². The largest absolute Gasteiger partial charge is 0.449 e. The number of anilines is 1. The van der Waals surface area contributed by atoms with Crippen molar-refractivity contribution in [1.82, 2.24) is 9.78 Å². The van der Waals surface area contributed by atoms with Gasteiger partial charge in [0.2, 0.25) is 0 Å². The molecule has 0 bridgehead atoms. The van der Waals surface area contributed by atoms with Crippen molar-refractivity contribution in [2.24, 2.45) is 0 Å². The number of aryl methyl sites for hydroxylation is 1. The molecule has 0 spiro atoms. The lowest BCUT2D eigenvalue weighted by Crippen LogP contribution is -2.30. The molecule has 138 valence electrons. The molecule has 1 atom stereocenters. The van der Waals surface area contributed by atoms with E-state index in [0.29, 0.717) is 16.8 Å². The third-order valence-corrected chi connectivity index (χ3v) is 3.96. The quantitative estimate of drug-likeness (QED) is 0.701. The minimum Gasteiger partial charge on any atom is -0.449 e. The highest BCUT2D eigenvalue weighted by molar-refractivity contribution is 5.97. The van der Waals surface area contributed by atoms with E-state index >= 15 is 0 Å². The van der Waals surface area contributed by atoms with Crippen molar-refractivity contribution in [2.75, 3.05) is 5.32 Å². The molecule has 0 unspecified atom stereocenters. The number of hydrogen-bond donors (Lipinski definition) is 1. The number of amides is 1. The lowest BCUT2D eigenvalue weighted by Gasteiger charge is -2.14. The number of hydrogen-bond acceptors (Lipinski definition) is 4. The molecule has 0 saturated heterocycles. The summed E-state index contributed by atoms with van der Waals surface area (Å²) in [5.41, 5.74) is 1.89. The summed E-state index contributed by atoms with van der Waals surface area (Å²) >= 11 is 0. The zero-order valence-electron chi connectivity index (χ0n) is 14.8. The number of esters is 1. The van der Waals surface area contributed by atoms with Gasteiger partial charge in [-0.05, 0) is 61.9 Å². The SMILES string of the molecule is Cc1ccc(NC(=O)[C@H](C)OC(=O)c2ccc(-n3cccn3)cc2)cc1F. The standard InChI is InChI=1S/C20H18FN3O3/c1-13-4-7-16(12-18(13)21)23-19(25)14(2)27-20(26)15-5-8-17(9-6-15)24-11-3-10-22-24/h3-12,14H,1-2H3,(H,23,25)/t14-/m0/s1. The molecule has 0 radical (unpaired) electrons. The normalized spacial score (nSPS) is 11.7. The average Bonchev–Trinajstić information content (AvgIpc) is 3.19. The van der Waals surface area contributed by atoms with Crippen LogP contribution in [0, 0.1) is 12.7 Å².